The summed E-state index contributed by atoms with van der Waals surface area (Å²) in [5, 5.41) is 3.95. The Morgan fingerprint density at radius 2 is 2.36 bits per heavy atom. The van der Waals surface area contributed by atoms with Crippen LogP contribution in [0.15, 0.2) is 16.8 Å². The zero-order valence-corrected chi connectivity index (χ0v) is 9.01. The number of carbonyl (C=O) groups is 1. The van der Waals surface area contributed by atoms with E-state index >= 15 is 0 Å². The molecule has 0 aliphatic heterocycles. The molecule has 0 atom stereocenters. The van der Waals surface area contributed by atoms with Gasteiger partial charge in [0, 0.05) is 13.5 Å². The van der Waals surface area contributed by atoms with Gasteiger partial charge >= 0.3 is 0 Å². The van der Waals surface area contributed by atoms with Crippen LogP contribution in [-0.4, -0.2) is 32.7 Å². The van der Waals surface area contributed by atoms with Crippen LogP contribution in [0.2, 0.25) is 0 Å². The van der Waals surface area contributed by atoms with Gasteiger partial charge in [-0.15, -0.1) is 0 Å². The van der Waals surface area contributed by atoms with Gasteiger partial charge in [0.1, 0.15) is 6.61 Å². The summed E-state index contributed by atoms with van der Waals surface area (Å²) in [6, 6.07) is 1.96. The summed E-state index contributed by atoms with van der Waals surface area (Å²) >= 11 is 1.60. The van der Waals surface area contributed by atoms with Crippen molar-refractivity contribution in [2.24, 2.45) is 0 Å². The van der Waals surface area contributed by atoms with Crippen molar-refractivity contribution in [2.75, 3.05) is 26.9 Å². The Morgan fingerprint density at radius 1 is 1.50 bits per heavy atom. The van der Waals surface area contributed by atoms with Crippen molar-refractivity contribution < 1.29 is 14.3 Å². The molecule has 1 aromatic rings. The maximum atomic E-state index is 11.3. The molecule has 0 fully saturated rings. The smallest absolute Gasteiger partial charge is 0.162 e. The molecule has 0 saturated heterocycles. The van der Waals surface area contributed by atoms with E-state index in [1.807, 2.05) is 16.8 Å². The fraction of sp³-hybridized carbons (Fsp3) is 0.500. The lowest BCUT2D eigenvalue weighted by Crippen LogP contribution is -2.13. The summed E-state index contributed by atoms with van der Waals surface area (Å²) in [5.74, 6) is 0.111. The van der Waals surface area contributed by atoms with Crippen molar-refractivity contribution in [3.63, 3.8) is 0 Å². The van der Waals surface area contributed by atoms with Gasteiger partial charge in [-0.1, -0.05) is 0 Å². The highest BCUT2D eigenvalue weighted by molar-refractivity contribution is 7.07. The van der Waals surface area contributed by atoms with Crippen LogP contribution in [0.1, 0.15) is 5.56 Å². The molecule has 0 aliphatic carbocycles. The van der Waals surface area contributed by atoms with Crippen molar-refractivity contribution in [3.8, 4) is 0 Å². The minimum Gasteiger partial charge on any atom is -0.382 e. The number of methoxy groups -OCH3 is 1. The molecule has 14 heavy (non-hydrogen) atoms. The molecule has 0 amide bonds. The zero-order chi connectivity index (χ0) is 10.2. The van der Waals surface area contributed by atoms with Gasteiger partial charge in [-0.05, 0) is 22.4 Å². The average molecular weight is 214 g/mol. The third-order valence-corrected chi connectivity index (χ3v) is 2.41. The monoisotopic (exact) mass is 214 g/mol. The number of hydrogen-bond donors (Lipinski definition) is 0. The second-order valence-corrected chi connectivity index (χ2v) is 3.67. The van der Waals surface area contributed by atoms with E-state index < -0.39 is 0 Å². The quantitative estimate of drug-likeness (QED) is 0.646. The summed E-state index contributed by atoms with van der Waals surface area (Å²) in [6.45, 7) is 1.19. The largest absolute Gasteiger partial charge is 0.382 e. The van der Waals surface area contributed by atoms with Gasteiger partial charge in [0.2, 0.25) is 0 Å². The number of hydrogen-bond acceptors (Lipinski definition) is 4. The molecule has 3 nitrogen and oxygen atoms in total. The van der Waals surface area contributed by atoms with E-state index in [0.717, 1.165) is 5.56 Å². The first-order chi connectivity index (χ1) is 6.83. The highest BCUT2D eigenvalue weighted by atomic mass is 32.1. The Bertz CT molecular complexity index is 256. The molecular formula is C10H14O3S. The van der Waals surface area contributed by atoms with Crippen molar-refractivity contribution in [2.45, 2.75) is 6.42 Å². The molecule has 78 valence electrons. The third kappa shape index (κ3) is 4.50. The number of rotatable bonds is 7. The molecule has 0 unspecified atom stereocenters. The first-order valence-corrected chi connectivity index (χ1v) is 5.36. The van der Waals surface area contributed by atoms with Crippen LogP contribution in [0.3, 0.4) is 0 Å². The van der Waals surface area contributed by atoms with Gasteiger partial charge in [-0.3, -0.25) is 4.79 Å². The summed E-state index contributed by atoms with van der Waals surface area (Å²) in [6.07, 6.45) is 0.469. The molecule has 0 aliphatic rings. The van der Waals surface area contributed by atoms with Crippen molar-refractivity contribution in [1.82, 2.24) is 0 Å². The number of ether oxygens (including phenoxy) is 2. The van der Waals surface area contributed by atoms with Crippen LogP contribution >= 0.6 is 11.3 Å². The molecule has 0 saturated carbocycles. The lowest BCUT2D eigenvalue weighted by Gasteiger charge is -2.01. The van der Waals surface area contributed by atoms with Crippen LogP contribution in [0.5, 0.6) is 0 Å². The van der Waals surface area contributed by atoms with Gasteiger partial charge < -0.3 is 9.47 Å². The van der Waals surface area contributed by atoms with E-state index in [-0.39, 0.29) is 12.4 Å². The number of Topliss-reactive ketones (excluding diaryl/α,β-unsaturated/α-hetero) is 1. The van der Waals surface area contributed by atoms with Crippen LogP contribution in [0.4, 0.5) is 0 Å². The number of ketones is 1. The van der Waals surface area contributed by atoms with Crippen molar-refractivity contribution in [1.29, 1.82) is 0 Å². The van der Waals surface area contributed by atoms with Crippen LogP contribution in [0, 0.1) is 0 Å². The van der Waals surface area contributed by atoms with E-state index in [1.54, 1.807) is 18.4 Å². The first kappa shape index (κ1) is 11.4. The molecule has 1 heterocycles. The van der Waals surface area contributed by atoms with Crippen LogP contribution in [0.25, 0.3) is 0 Å². The summed E-state index contributed by atoms with van der Waals surface area (Å²) in [7, 11) is 1.61. The first-order valence-electron chi connectivity index (χ1n) is 4.42. The maximum absolute atomic E-state index is 11.3. The molecule has 0 bridgehead atoms. The minimum atomic E-state index is 0.111. The molecular weight excluding hydrogens is 200 g/mol. The summed E-state index contributed by atoms with van der Waals surface area (Å²) in [4.78, 5) is 11.3. The predicted molar refractivity (Wildman–Crippen MR) is 55.7 cm³/mol. The predicted octanol–water partition coefficient (Wildman–Crippen LogP) is 1.52. The van der Waals surface area contributed by atoms with Gasteiger partial charge in [0.05, 0.1) is 13.2 Å². The molecule has 0 radical (unpaired) electrons. The minimum absolute atomic E-state index is 0.111. The Labute approximate surface area is 87.7 Å². The molecule has 0 aromatic carbocycles. The van der Waals surface area contributed by atoms with Crippen molar-refractivity contribution >= 4 is 17.1 Å². The van der Waals surface area contributed by atoms with Crippen LogP contribution < -0.4 is 0 Å². The standard InChI is InChI=1S/C10H14O3S/c1-12-3-4-13-7-10(11)6-9-2-5-14-8-9/h2,5,8H,3-4,6-7H2,1H3. The fourth-order valence-corrected chi connectivity index (χ4v) is 1.67. The highest BCUT2D eigenvalue weighted by Gasteiger charge is 2.03. The zero-order valence-electron chi connectivity index (χ0n) is 8.19. The maximum Gasteiger partial charge on any atom is 0.162 e. The SMILES string of the molecule is COCCOCC(=O)Cc1ccsc1. The van der Waals surface area contributed by atoms with E-state index in [0.29, 0.717) is 19.6 Å². The lowest BCUT2D eigenvalue weighted by molar-refractivity contribution is -0.123. The molecule has 0 N–H and O–H groups in total. The molecule has 4 heteroatoms. The van der Waals surface area contributed by atoms with Gasteiger partial charge in [0.25, 0.3) is 0 Å². The van der Waals surface area contributed by atoms with Gasteiger partial charge in [-0.25, -0.2) is 0 Å². The molecule has 0 spiro atoms. The average Bonchev–Trinajstić information content (AvgIpc) is 2.65. The van der Waals surface area contributed by atoms with E-state index in [4.69, 9.17) is 9.47 Å². The topological polar surface area (TPSA) is 35.5 Å². The number of carbonyl (C=O) groups excluding carboxylic acids is 1. The molecule has 1 rings (SSSR count). The second kappa shape index (κ2) is 6.70. The molecule has 1 aromatic heterocycles. The lowest BCUT2D eigenvalue weighted by atomic mass is 10.2. The number of thiophene rings is 1. The van der Waals surface area contributed by atoms with E-state index in [2.05, 4.69) is 0 Å². The highest BCUT2D eigenvalue weighted by Crippen LogP contribution is 2.06. The summed E-state index contributed by atoms with van der Waals surface area (Å²) < 4.78 is 9.91. The Kier molecular flexibility index (Phi) is 5.44. The Hall–Kier alpha value is -0.710. The van der Waals surface area contributed by atoms with Crippen LogP contribution in [-0.2, 0) is 20.7 Å². The third-order valence-electron chi connectivity index (χ3n) is 1.68. The summed E-state index contributed by atoms with van der Waals surface area (Å²) in [5.41, 5.74) is 1.07. The Balaban J connectivity index is 2.11. The van der Waals surface area contributed by atoms with Crippen molar-refractivity contribution in [3.05, 3.63) is 22.4 Å². The van der Waals surface area contributed by atoms with Gasteiger partial charge in [-0.2, -0.15) is 11.3 Å². The second-order valence-electron chi connectivity index (χ2n) is 2.89. The van der Waals surface area contributed by atoms with Gasteiger partial charge in [0.15, 0.2) is 5.78 Å². The normalized spacial score (nSPS) is 10.4. The Morgan fingerprint density at radius 3 is 3.00 bits per heavy atom. The van der Waals surface area contributed by atoms with E-state index in [9.17, 15) is 4.79 Å². The fourth-order valence-electron chi connectivity index (χ4n) is 1.00. The van der Waals surface area contributed by atoms with E-state index in [1.165, 1.54) is 0 Å².